The zero-order valence-electron chi connectivity index (χ0n) is 9.12. The van der Waals surface area contributed by atoms with Crippen LogP contribution in [0.5, 0.6) is 0 Å². The topological polar surface area (TPSA) is 15.7 Å². The molecule has 78 valence electrons. The van der Waals surface area contributed by atoms with Crippen molar-refractivity contribution in [3.05, 3.63) is 0 Å². The standard InChI is InChI=1S/C10H22N2O/c1-4-12(5-2)8-10-9-13-7-6-11(10)3/h10H,4-9H2,1-3H3. The molecule has 0 aromatic rings. The van der Waals surface area contributed by atoms with Gasteiger partial charge in [0.05, 0.1) is 13.2 Å². The second kappa shape index (κ2) is 5.58. The van der Waals surface area contributed by atoms with Crippen LogP contribution in [0.2, 0.25) is 0 Å². The van der Waals surface area contributed by atoms with Gasteiger partial charge in [-0.05, 0) is 20.1 Å². The average molecular weight is 186 g/mol. The van der Waals surface area contributed by atoms with Crippen molar-refractivity contribution in [2.45, 2.75) is 19.9 Å². The summed E-state index contributed by atoms with van der Waals surface area (Å²) in [5.41, 5.74) is 0. The van der Waals surface area contributed by atoms with Gasteiger partial charge in [0, 0.05) is 19.1 Å². The summed E-state index contributed by atoms with van der Waals surface area (Å²) in [6.45, 7) is 10.7. The van der Waals surface area contributed by atoms with Crippen LogP contribution in [0.4, 0.5) is 0 Å². The Morgan fingerprint density at radius 3 is 2.62 bits per heavy atom. The van der Waals surface area contributed by atoms with Gasteiger partial charge in [-0.1, -0.05) is 13.8 Å². The predicted molar refractivity (Wildman–Crippen MR) is 55.0 cm³/mol. The van der Waals surface area contributed by atoms with Gasteiger partial charge in [0.2, 0.25) is 0 Å². The van der Waals surface area contributed by atoms with Crippen molar-refractivity contribution in [1.29, 1.82) is 0 Å². The molecule has 1 saturated heterocycles. The maximum Gasteiger partial charge on any atom is 0.0634 e. The number of ether oxygens (including phenoxy) is 1. The summed E-state index contributed by atoms with van der Waals surface area (Å²) < 4.78 is 5.47. The highest BCUT2D eigenvalue weighted by Crippen LogP contribution is 2.05. The third-order valence-electron chi connectivity index (χ3n) is 2.89. The summed E-state index contributed by atoms with van der Waals surface area (Å²) in [6.07, 6.45) is 0. The van der Waals surface area contributed by atoms with E-state index < -0.39 is 0 Å². The minimum atomic E-state index is 0.591. The van der Waals surface area contributed by atoms with Crippen LogP contribution in [0, 0.1) is 0 Å². The minimum absolute atomic E-state index is 0.591. The molecular formula is C10H22N2O. The molecule has 0 aromatic carbocycles. The monoisotopic (exact) mass is 186 g/mol. The Bertz CT molecular complexity index is 137. The summed E-state index contributed by atoms with van der Waals surface area (Å²) >= 11 is 0. The van der Waals surface area contributed by atoms with Crippen molar-refractivity contribution in [2.24, 2.45) is 0 Å². The molecule has 3 heteroatoms. The molecule has 0 saturated carbocycles. The number of morpholine rings is 1. The van der Waals surface area contributed by atoms with Crippen molar-refractivity contribution >= 4 is 0 Å². The van der Waals surface area contributed by atoms with Gasteiger partial charge in [0.25, 0.3) is 0 Å². The first kappa shape index (κ1) is 11.0. The lowest BCUT2D eigenvalue weighted by molar-refractivity contribution is -0.00626. The second-order valence-corrected chi connectivity index (χ2v) is 3.70. The Labute approximate surface area is 81.7 Å². The van der Waals surface area contributed by atoms with Crippen LogP contribution in [0.3, 0.4) is 0 Å². The van der Waals surface area contributed by atoms with E-state index in [9.17, 15) is 0 Å². The SMILES string of the molecule is CCN(CC)CC1COCCN1C. The largest absolute Gasteiger partial charge is 0.378 e. The van der Waals surface area contributed by atoms with E-state index in [-0.39, 0.29) is 0 Å². The molecule has 0 spiro atoms. The zero-order chi connectivity index (χ0) is 9.68. The molecule has 0 radical (unpaired) electrons. The molecule has 1 rings (SSSR count). The Hall–Kier alpha value is -0.120. The first-order chi connectivity index (χ1) is 6.27. The summed E-state index contributed by atoms with van der Waals surface area (Å²) in [6, 6.07) is 0.591. The molecule has 0 aliphatic carbocycles. The van der Waals surface area contributed by atoms with Crippen LogP contribution in [-0.2, 0) is 4.74 Å². The van der Waals surface area contributed by atoms with E-state index in [1.54, 1.807) is 0 Å². The Morgan fingerprint density at radius 1 is 1.38 bits per heavy atom. The molecule has 0 amide bonds. The maximum absolute atomic E-state index is 5.47. The Kier molecular flexibility index (Phi) is 4.70. The van der Waals surface area contributed by atoms with E-state index in [4.69, 9.17) is 4.74 Å². The van der Waals surface area contributed by atoms with Gasteiger partial charge in [-0.3, -0.25) is 4.90 Å². The summed E-state index contributed by atoms with van der Waals surface area (Å²) in [5, 5.41) is 0. The van der Waals surface area contributed by atoms with Gasteiger partial charge in [-0.2, -0.15) is 0 Å². The van der Waals surface area contributed by atoms with Crippen LogP contribution in [0.1, 0.15) is 13.8 Å². The second-order valence-electron chi connectivity index (χ2n) is 3.70. The van der Waals surface area contributed by atoms with Crippen molar-refractivity contribution in [3.63, 3.8) is 0 Å². The van der Waals surface area contributed by atoms with Crippen molar-refractivity contribution < 1.29 is 4.74 Å². The number of hydrogen-bond acceptors (Lipinski definition) is 3. The van der Waals surface area contributed by atoms with Gasteiger partial charge < -0.3 is 9.64 Å². The van der Waals surface area contributed by atoms with Crippen LogP contribution >= 0.6 is 0 Å². The normalized spacial score (nSPS) is 25.4. The van der Waals surface area contributed by atoms with Crippen molar-refractivity contribution in [3.8, 4) is 0 Å². The van der Waals surface area contributed by atoms with E-state index in [1.165, 1.54) is 0 Å². The smallest absolute Gasteiger partial charge is 0.0634 e. The molecule has 13 heavy (non-hydrogen) atoms. The average Bonchev–Trinajstić information content (AvgIpc) is 2.17. The number of likely N-dealkylation sites (N-methyl/N-ethyl adjacent to an activating group) is 2. The molecule has 1 aliphatic rings. The van der Waals surface area contributed by atoms with Crippen LogP contribution in [-0.4, -0.2) is 62.3 Å². The van der Waals surface area contributed by atoms with Crippen LogP contribution in [0.25, 0.3) is 0 Å². The first-order valence-corrected chi connectivity index (χ1v) is 5.28. The van der Waals surface area contributed by atoms with Crippen LogP contribution in [0.15, 0.2) is 0 Å². The summed E-state index contributed by atoms with van der Waals surface area (Å²) in [7, 11) is 2.19. The number of hydrogen-bond donors (Lipinski definition) is 0. The van der Waals surface area contributed by atoms with E-state index in [0.29, 0.717) is 6.04 Å². The minimum Gasteiger partial charge on any atom is -0.378 e. The van der Waals surface area contributed by atoms with E-state index in [0.717, 1.165) is 39.4 Å². The van der Waals surface area contributed by atoms with E-state index in [1.807, 2.05) is 0 Å². The highest BCUT2D eigenvalue weighted by molar-refractivity contribution is 4.75. The van der Waals surface area contributed by atoms with Crippen molar-refractivity contribution in [1.82, 2.24) is 9.80 Å². The molecule has 1 heterocycles. The molecule has 1 atom stereocenters. The molecule has 1 aliphatic heterocycles. The molecule has 1 fully saturated rings. The van der Waals surface area contributed by atoms with Gasteiger partial charge in [-0.25, -0.2) is 0 Å². The third-order valence-corrected chi connectivity index (χ3v) is 2.89. The molecule has 3 nitrogen and oxygen atoms in total. The first-order valence-electron chi connectivity index (χ1n) is 5.28. The van der Waals surface area contributed by atoms with Crippen LogP contribution < -0.4 is 0 Å². The predicted octanol–water partition coefficient (Wildman–Crippen LogP) is 0.659. The fraction of sp³-hybridized carbons (Fsp3) is 1.00. The van der Waals surface area contributed by atoms with Gasteiger partial charge >= 0.3 is 0 Å². The molecular weight excluding hydrogens is 164 g/mol. The lowest BCUT2D eigenvalue weighted by Crippen LogP contribution is -2.49. The lowest BCUT2D eigenvalue weighted by Gasteiger charge is -2.35. The molecule has 0 bridgehead atoms. The zero-order valence-corrected chi connectivity index (χ0v) is 9.12. The van der Waals surface area contributed by atoms with E-state index in [2.05, 4.69) is 30.7 Å². The lowest BCUT2D eigenvalue weighted by atomic mass is 10.2. The van der Waals surface area contributed by atoms with Crippen molar-refractivity contribution in [2.75, 3.05) is 46.4 Å². The highest BCUT2D eigenvalue weighted by Gasteiger charge is 2.20. The fourth-order valence-corrected chi connectivity index (χ4v) is 1.71. The van der Waals surface area contributed by atoms with Gasteiger partial charge in [-0.15, -0.1) is 0 Å². The Morgan fingerprint density at radius 2 is 2.08 bits per heavy atom. The van der Waals surface area contributed by atoms with Gasteiger partial charge in [0.15, 0.2) is 0 Å². The molecule has 0 N–H and O–H groups in total. The Balaban J connectivity index is 2.32. The highest BCUT2D eigenvalue weighted by atomic mass is 16.5. The fourth-order valence-electron chi connectivity index (χ4n) is 1.71. The maximum atomic E-state index is 5.47. The quantitative estimate of drug-likeness (QED) is 0.641. The number of nitrogens with zero attached hydrogens (tertiary/aromatic N) is 2. The molecule has 0 aromatic heterocycles. The van der Waals surface area contributed by atoms with Gasteiger partial charge in [0.1, 0.15) is 0 Å². The number of rotatable bonds is 4. The molecule has 1 unspecified atom stereocenters. The summed E-state index contributed by atoms with van der Waals surface area (Å²) in [4.78, 5) is 4.86. The third kappa shape index (κ3) is 3.25. The summed E-state index contributed by atoms with van der Waals surface area (Å²) in [5.74, 6) is 0. The van der Waals surface area contributed by atoms with E-state index >= 15 is 0 Å².